The van der Waals surface area contributed by atoms with Gasteiger partial charge in [0.1, 0.15) is 0 Å². The third-order valence-electron chi connectivity index (χ3n) is 5.49. The van der Waals surface area contributed by atoms with Crippen molar-refractivity contribution in [1.82, 2.24) is 4.90 Å². The minimum atomic E-state index is 0.137. The molecule has 120 valence electrons. The van der Waals surface area contributed by atoms with Gasteiger partial charge in [0.15, 0.2) is 0 Å². The normalized spacial score (nSPS) is 27.2. The van der Waals surface area contributed by atoms with Gasteiger partial charge in [0, 0.05) is 39.5 Å². The fourth-order valence-electron chi connectivity index (χ4n) is 3.97. The molecule has 1 aromatic rings. The van der Waals surface area contributed by atoms with Gasteiger partial charge in [-0.3, -0.25) is 4.90 Å². The fourth-order valence-corrected chi connectivity index (χ4v) is 3.97. The minimum absolute atomic E-state index is 0.137. The lowest BCUT2D eigenvalue weighted by Crippen LogP contribution is -2.64. The second kappa shape index (κ2) is 6.31. The summed E-state index contributed by atoms with van der Waals surface area (Å²) in [5, 5.41) is 0. The van der Waals surface area contributed by atoms with Crippen LogP contribution in [0.15, 0.2) is 30.3 Å². The Hall–Kier alpha value is -0.900. The van der Waals surface area contributed by atoms with Crippen LogP contribution in [0.4, 0.5) is 0 Å². The first-order valence-corrected chi connectivity index (χ1v) is 8.82. The summed E-state index contributed by atoms with van der Waals surface area (Å²) in [6.07, 6.45) is 5.15. The Kier molecular flexibility index (Phi) is 4.21. The van der Waals surface area contributed by atoms with Gasteiger partial charge in [-0.2, -0.15) is 0 Å². The lowest BCUT2D eigenvalue weighted by molar-refractivity contribution is -0.139. The van der Waals surface area contributed by atoms with Gasteiger partial charge in [0.2, 0.25) is 0 Å². The Morgan fingerprint density at radius 2 is 1.95 bits per heavy atom. The maximum Gasteiger partial charge on any atom is 0.0964 e. The fraction of sp³-hybridized carbons (Fsp3) is 0.684. The molecular weight excluding hydrogens is 274 g/mol. The van der Waals surface area contributed by atoms with Crippen LogP contribution in [0.5, 0.6) is 0 Å². The molecule has 0 amide bonds. The summed E-state index contributed by atoms with van der Waals surface area (Å²) in [5.41, 5.74) is 1.54. The Morgan fingerprint density at radius 3 is 2.73 bits per heavy atom. The highest BCUT2D eigenvalue weighted by atomic mass is 16.5. The van der Waals surface area contributed by atoms with E-state index >= 15 is 0 Å². The van der Waals surface area contributed by atoms with E-state index in [1.54, 1.807) is 0 Å². The van der Waals surface area contributed by atoms with Crippen molar-refractivity contribution in [2.45, 2.75) is 37.8 Å². The molecule has 2 saturated heterocycles. The monoisotopic (exact) mass is 301 g/mol. The van der Waals surface area contributed by atoms with Gasteiger partial charge >= 0.3 is 0 Å². The van der Waals surface area contributed by atoms with Crippen molar-refractivity contribution < 1.29 is 9.47 Å². The third-order valence-corrected chi connectivity index (χ3v) is 5.49. The smallest absolute Gasteiger partial charge is 0.0964 e. The number of ether oxygens (including phenoxy) is 2. The molecule has 0 aromatic heterocycles. The molecule has 0 bridgehead atoms. The van der Waals surface area contributed by atoms with Gasteiger partial charge in [-0.1, -0.05) is 30.3 Å². The van der Waals surface area contributed by atoms with E-state index < -0.39 is 0 Å². The van der Waals surface area contributed by atoms with Crippen molar-refractivity contribution in [3.63, 3.8) is 0 Å². The quantitative estimate of drug-likeness (QED) is 0.722. The topological polar surface area (TPSA) is 21.7 Å². The molecule has 3 heteroatoms. The highest BCUT2D eigenvalue weighted by molar-refractivity contribution is 5.16. The van der Waals surface area contributed by atoms with Crippen molar-refractivity contribution in [3.8, 4) is 0 Å². The van der Waals surface area contributed by atoms with E-state index in [0.29, 0.717) is 5.92 Å². The number of likely N-dealkylation sites (tertiary alicyclic amines) is 1. The molecule has 2 heterocycles. The Labute approximate surface area is 133 Å². The summed E-state index contributed by atoms with van der Waals surface area (Å²) in [7, 11) is 0. The van der Waals surface area contributed by atoms with Gasteiger partial charge in [-0.05, 0) is 43.1 Å². The summed E-state index contributed by atoms with van der Waals surface area (Å²) < 4.78 is 12.0. The largest absolute Gasteiger partial charge is 0.381 e. The zero-order valence-electron chi connectivity index (χ0n) is 13.4. The highest BCUT2D eigenvalue weighted by Crippen LogP contribution is 2.42. The van der Waals surface area contributed by atoms with E-state index in [0.717, 1.165) is 45.4 Å². The molecule has 3 aliphatic rings. The van der Waals surface area contributed by atoms with Crippen molar-refractivity contribution in [2.24, 2.45) is 11.8 Å². The van der Waals surface area contributed by atoms with E-state index in [4.69, 9.17) is 9.47 Å². The molecule has 3 fully saturated rings. The molecule has 0 N–H and O–H groups in total. The van der Waals surface area contributed by atoms with E-state index in [2.05, 4.69) is 35.2 Å². The van der Waals surface area contributed by atoms with Crippen molar-refractivity contribution in [1.29, 1.82) is 0 Å². The Balaban J connectivity index is 1.23. The zero-order chi connectivity index (χ0) is 14.8. The van der Waals surface area contributed by atoms with Crippen LogP contribution in [0.25, 0.3) is 0 Å². The molecule has 2 aliphatic heterocycles. The predicted octanol–water partition coefficient (Wildman–Crippen LogP) is 3.09. The molecule has 22 heavy (non-hydrogen) atoms. The second-order valence-electron chi connectivity index (χ2n) is 7.34. The lowest BCUT2D eigenvalue weighted by Gasteiger charge is -2.50. The SMILES string of the molecule is c1ccc(CN2CC3(C2)OCC[C@@H]3CCOCC2CC2)cc1. The first-order chi connectivity index (χ1) is 10.8. The van der Waals surface area contributed by atoms with Crippen LogP contribution in [0, 0.1) is 11.8 Å². The van der Waals surface area contributed by atoms with E-state index in [-0.39, 0.29) is 5.60 Å². The maximum absolute atomic E-state index is 6.15. The maximum atomic E-state index is 6.15. The van der Waals surface area contributed by atoms with Gasteiger partial charge in [0.05, 0.1) is 5.60 Å². The molecule has 3 nitrogen and oxygen atoms in total. The molecule has 1 spiro atoms. The number of benzene rings is 1. The first-order valence-electron chi connectivity index (χ1n) is 8.82. The molecular formula is C19H27NO2. The molecule has 1 aromatic carbocycles. The van der Waals surface area contributed by atoms with Gasteiger partial charge in [-0.15, -0.1) is 0 Å². The molecule has 0 unspecified atom stereocenters. The number of nitrogens with zero attached hydrogens (tertiary/aromatic N) is 1. The van der Waals surface area contributed by atoms with E-state index in [1.807, 2.05) is 0 Å². The number of hydrogen-bond donors (Lipinski definition) is 0. The summed E-state index contributed by atoms with van der Waals surface area (Å²) >= 11 is 0. The average molecular weight is 301 g/mol. The summed E-state index contributed by atoms with van der Waals surface area (Å²) in [5.74, 6) is 1.57. The van der Waals surface area contributed by atoms with Crippen LogP contribution >= 0.6 is 0 Å². The lowest BCUT2D eigenvalue weighted by atomic mass is 9.79. The third kappa shape index (κ3) is 3.22. The average Bonchev–Trinajstić information content (AvgIpc) is 3.24. The number of hydrogen-bond acceptors (Lipinski definition) is 3. The van der Waals surface area contributed by atoms with Gasteiger partial charge < -0.3 is 9.47 Å². The van der Waals surface area contributed by atoms with Crippen LogP contribution in [-0.2, 0) is 16.0 Å². The van der Waals surface area contributed by atoms with Gasteiger partial charge in [0.25, 0.3) is 0 Å². The van der Waals surface area contributed by atoms with E-state index in [1.165, 1.54) is 31.2 Å². The van der Waals surface area contributed by atoms with Crippen LogP contribution in [0.1, 0.15) is 31.2 Å². The molecule has 1 aliphatic carbocycles. The molecule has 1 saturated carbocycles. The van der Waals surface area contributed by atoms with Crippen molar-refractivity contribution >= 4 is 0 Å². The first kappa shape index (κ1) is 14.7. The molecule has 4 rings (SSSR count). The standard InChI is InChI=1S/C19H27NO2/c1-2-4-16(5-3-1)12-20-14-19(15-20)18(9-11-22-19)8-10-21-13-17-6-7-17/h1-5,17-18H,6-15H2/t18-/m0/s1. The summed E-state index contributed by atoms with van der Waals surface area (Å²) in [4.78, 5) is 2.51. The molecule has 1 atom stereocenters. The van der Waals surface area contributed by atoms with Crippen LogP contribution in [-0.4, -0.2) is 43.4 Å². The zero-order valence-corrected chi connectivity index (χ0v) is 13.4. The van der Waals surface area contributed by atoms with Crippen LogP contribution in [0.2, 0.25) is 0 Å². The minimum Gasteiger partial charge on any atom is -0.381 e. The van der Waals surface area contributed by atoms with Crippen molar-refractivity contribution in [3.05, 3.63) is 35.9 Å². The van der Waals surface area contributed by atoms with Crippen molar-refractivity contribution in [2.75, 3.05) is 32.9 Å². The Morgan fingerprint density at radius 1 is 1.14 bits per heavy atom. The summed E-state index contributed by atoms with van der Waals surface area (Å²) in [6, 6.07) is 10.8. The second-order valence-corrected chi connectivity index (χ2v) is 7.34. The summed E-state index contributed by atoms with van der Waals surface area (Å²) in [6.45, 7) is 6.08. The van der Waals surface area contributed by atoms with Crippen LogP contribution in [0.3, 0.4) is 0 Å². The van der Waals surface area contributed by atoms with Crippen LogP contribution < -0.4 is 0 Å². The predicted molar refractivity (Wildman–Crippen MR) is 86.7 cm³/mol. The highest BCUT2D eigenvalue weighted by Gasteiger charge is 2.52. The number of rotatable bonds is 7. The van der Waals surface area contributed by atoms with Gasteiger partial charge in [-0.25, -0.2) is 0 Å². The molecule has 0 radical (unpaired) electrons. The van der Waals surface area contributed by atoms with E-state index in [9.17, 15) is 0 Å². The Bertz CT molecular complexity index is 479.